The number of methoxy groups -OCH3 is 1. The maximum absolute atomic E-state index is 6.06. The Hall–Kier alpha value is -2.57. The molecule has 1 aliphatic heterocycles. The molecule has 0 aromatic heterocycles. The molecule has 1 fully saturated rings. The largest absolute Gasteiger partial charge is 0.497 e. The molecule has 0 spiro atoms. The summed E-state index contributed by atoms with van der Waals surface area (Å²) in [5, 5.41) is 3.20. The molecule has 0 amide bonds. The Kier molecular flexibility index (Phi) is 7.70. The number of nitrogens with one attached hydrogen (secondary N) is 1. The number of nitrogens with zero attached hydrogens (tertiary/aromatic N) is 2. The Labute approximate surface area is 167 Å². The van der Waals surface area contributed by atoms with Gasteiger partial charge in [0, 0.05) is 26.2 Å². The van der Waals surface area contributed by atoms with E-state index in [2.05, 4.69) is 51.6 Å². The predicted octanol–water partition coefficient (Wildman–Crippen LogP) is 2.17. The maximum Gasteiger partial charge on any atom is 0.188 e. The van der Waals surface area contributed by atoms with Crippen molar-refractivity contribution in [3.05, 3.63) is 65.2 Å². The zero-order valence-electron chi connectivity index (χ0n) is 16.6. The van der Waals surface area contributed by atoms with Crippen LogP contribution in [0.2, 0.25) is 0 Å². The van der Waals surface area contributed by atoms with E-state index in [0.29, 0.717) is 12.5 Å². The van der Waals surface area contributed by atoms with Gasteiger partial charge in [0.2, 0.25) is 0 Å². The number of hydrogen-bond acceptors (Lipinski definition) is 4. The lowest BCUT2D eigenvalue weighted by Gasteiger charge is -2.27. The summed E-state index contributed by atoms with van der Waals surface area (Å²) in [6, 6.07) is 16.5. The van der Waals surface area contributed by atoms with Gasteiger partial charge in [-0.15, -0.1) is 0 Å². The first kappa shape index (κ1) is 20.2. The van der Waals surface area contributed by atoms with Crippen LogP contribution in [-0.2, 0) is 24.2 Å². The summed E-state index contributed by atoms with van der Waals surface area (Å²) >= 11 is 0. The number of aliphatic imine (C=N–C) groups is 1. The number of nitrogens with two attached hydrogens (primary N) is 1. The van der Waals surface area contributed by atoms with Gasteiger partial charge in [0.05, 0.1) is 26.9 Å². The van der Waals surface area contributed by atoms with Gasteiger partial charge in [-0.05, 0) is 35.2 Å². The number of hydrogen-bond donors (Lipinski definition) is 2. The van der Waals surface area contributed by atoms with Gasteiger partial charge in [-0.1, -0.05) is 36.4 Å². The van der Waals surface area contributed by atoms with E-state index in [-0.39, 0.29) is 0 Å². The second-order valence-corrected chi connectivity index (χ2v) is 6.88. The maximum atomic E-state index is 6.06. The third-order valence-electron chi connectivity index (χ3n) is 4.91. The van der Waals surface area contributed by atoms with Crippen LogP contribution in [0.4, 0.5) is 0 Å². The van der Waals surface area contributed by atoms with Crippen LogP contribution in [-0.4, -0.2) is 50.8 Å². The molecule has 0 atom stereocenters. The number of benzene rings is 2. The molecule has 1 saturated heterocycles. The van der Waals surface area contributed by atoms with Crippen molar-refractivity contribution in [1.29, 1.82) is 0 Å². The zero-order chi connectivity index (χ0) is 19.6. The molecule has 6 nitrogen and oxygen atoms in total. The molecule has 1 aliphatic rings. The molecule has 0 saturated carbocycles. The fraction of sp³-hybridized carbons (Fsp3) is 0.409. The van der Waals surface area contributed by atoms with Crippen molar-refractivity contribution in [2.45, 2.75) is 19.5 Å². The first-order valence-corrected chi connectivity index (χ1v) is 9.78. The average molecular weight is 383 g/mol. The topological polar surface area (TPSA) is 72.1 Å². The van der Waals surface area contributed by atoms with Gasteiger partial charge in [0.15, 0.2) is 5.96 Å². The monoisotopic (exact) mass is 382 g/mol. The van der Waals surface area contributed by atoms with E-state index in [0.717, 1.165) is 51.6 Å². The van der Waals surface area contributed by atoms with Crippen LogP contribution in [0.3, 0.4) is 0 Å². The molecule has 0 bridgehead atoms. The van der Waals surface area contributed by atoms with Crippen LogP contribution in [0.25, 0.3) is 0 Å². The van der Waals surface area contributed by atoms with Crippen molar-refractivity contribution >= 4 is 5.96 Å². The molecule has 6 heteroatoms. The van der Waals surface area contributed by atoms with Crippen LogP contribution >= 0.6 is 0 Å². The summed E-state index contributed by atoms with van der Waals surface area (Å²) in [5.74, 6) is 1.35. The lowest BCUT2D eigenvalue weighted by Crippen LogP contribution is -2.36. The summed E-state index contributed by atoms with van der Waals surface area (Å²) in [4.78, 5) is 6.95. The van der Waals surface area contributed by atoms with Gasteiger partial charge < -0.3 is 20.5 Å². The number of ether oxygens (including phenoxy) is 2. The van der Waals surface area contributed by atoms with Crippen molar-refractivity contribution in [2.24, 2.45) is 10.7 Å². The lowest BCUT2D eigenvalue weighted by atomic mass is 10.1. The highest BCUT2D eigenvalue weighted by Crippen LogP contribution is 2.14. The first-order chi connectivity index (χ1) is 13.7. The summed E-state index contributed by atoms with van der Waals surface area (Å²) in [6.45, 7) is 5.84. The Balaban J connectivity index is 1.48. The summed E-state index contributed by atoms with van der Waals surface area (Å²) in [5.41, 5.74) is 9.81. The van der Waals surface area contributed by atoms with Crippen LogP contribution in [0.1, 0.15) is 16.7 Å². The molecule has 28 heavy (non-hydrogen) atoms. The van der Waals surface area contributed by atoms with E-state index in [1.807, 2.05) is 12.1 Å². The number of guanidine groups is 1. The van der Waals surface area contributed by atoms with Crippen LogP contribution in [0.15, 0.2) is 53.5 Å². The van der Waals surface area contributed by atoms with E-state index in [1.54, 1.807) is 7.11 Å². The SMILES string of the molecule is COc1ccc(CCNC(N)=NCc2ccccc2CN2CCOCC2)cc1. The lowest BCUT2D eigenvalue weighted by molar-refractivity contribution is 0.0341. The van der Waals surface area contributed by atoms with Crippen LogP contribution in [0, 0.1) is 0 Å². The van der Waals surface area contributed by atoms with Gasteiger partial charge in [0.25, 0.3) is 0 Å². The van der Waals surface area contributed by atoms with Gasteiger partial charge in [-0.2, -0.15) is 0 Å². The van der Waals surface area contributed by atoms with E-state index < -0.39 is 0 Å². The highest BCUT2D eigenvalue weighted by Gasteiger charge is 2.12. The third kappa shape index (κ3) is 6.25. The normalized spacial score (nSPS) is 15.4. The highest BCUT2D eigenvalue weighted by atomic mass is 16.5. The zero-order valence-corrected chi connectivity index (χ0v) is 16.6. The van der Waals surface area contributed by atoms with E-state index in [4.69, 9.17) is 15.2 Å². The van der Waals surface area contributed by atoms with Crippen LogP contribution in [0.5, 0.6) is 5.75 Å². The molecule has 0 aliphatic carbocycles. The summed E-state index contributed by atoms with van der Waals surface area (Å²) in [7, 11) is 1.67. The summed E-state index contributed by atoms with van der Waals surface area (Å²) in [6.07, 6.45) is 0.883. The van der Waals surface area contributed by atoms with Gasteiger partial charge in [-0.3, -0.25) is 4.90 Å². The molecule has 3 N–H and O–H groups in total. The molecular weight excluding hydrogens is 352 g/mol. The first-order valence-electron chi connectivity index (χ1n) is 9.78. The minimum atomic E-state index is 0.481. The van der Waals surface area contributed by atoms with Gasteiger partial charge >= 0.3 is 0 Å². The summed E-state index contributed by atoms with van der Waals surface area (Å²) < 4.78 is 10.6. The van der Waals surface area contributed by atoms with E-state index >= 15 is 0 Å². The Morgan fingerprint density at radius 3 is 2.54 bits per heavy atom. The fourth-order valence-electron chi connectivity index (χ4n) is 3.22. The Morgan fingerprint density at radius 2 is 1.82 bits per heavy atom. The standard InChI is InChI=1S/C22H30N4O2/c1-27-21-8-6-18(7-9-21)10-11-24-22(23)25-16-19-4-2-3-5-20(19)17-26-12-14-28-15-13-26/h2-9H,10-17H2,1H3,(H3,23,24,25). The highest BCUT2D eigenvalue weighted by molar-refractivity contribution is 5.77. The van der Waals surface area contributed by atoms with E-state index in [1.165, 1.54) is 16.7 Å². The Morgan fingerprint density at radius 1 is 1.11 bits per heavy atom. The third-order valence-corrected chi connectivity index (χ3v) is 4.91. The quantitative estimate of drug-likeness (QED) is 0.541. The minimum Gasteiger partial charge on any atom is -0.497 e. The van der Waals surface area contributed by atoms with Gasteiger partial charge in [0.1, 0.15) is 5.75 Å². The smallest absolute Gasteiger partial charge is 0.188 e. The molecular formula is C22H30N4O2. The molecule has 150 valence electrons. The molecule has 2 aromatic carbocycles. The minimum absolute atomic E-state index is 0.481. The number of morpholine rings is 1. The van der Waals surface area contributed by atoms with Crippen molar-refractivity contribution in [1.82, 2.24) is 10.2 Å². The van der Waals surface area contributed by atoms with Crippen molar-refractivity contribution in [3.8, 4) is 5.75 Å². The number of rotatable bonds is 8. The molecule has 3 rings (SSSR count). The molecule has 0 radical (unpaired) electrons. The molecule has 2 aromatic rings. The average Bonchev–Trinajstić information content (AvgIpc) is 2.74. The van der Waals surface area contributed by atoms with Crippen molar-refractivity contribution in [3.63, 3.8) is 0 Å². The predicted molar refractivity (Wildman–Crippen MR) is 113 cm³/mol. The van der Waals surface area contributed by atoms with E-state index in [9.17, 15) is 0 Å². The van der Waals surface area contributed by atoms with Crippen molar-refractivity contribution in [2.75, 3.05) is 40.0 Å². The molecule has 0 unspecified atom stereocenters. The van der Waals surface area contributed by atoms with Gasteiger partial charge in [-0.25, -0.2) is 4.99 Å². The van der Waals surface area contributed by atoms with Crippen LogP contribution < -0.4 is 15.8 Å². The van der Waals surface area contributed by atoms with Crippen molar-refractivity contribution < 1.29 is 9.47 Å². The Bertz CT molecular complexity index is 755. The molecule has 1 heterocycles. The fourth-order valence-corrected chi connectivity index (χ4v) is 3.22. The second-order valence-electron chi connectivity index (χ2n) is 6.88. The second kappa shape index (κ2) is 10.7.